The molecule has 0 radical (unpaired) electrons. The van der Waals surface area contributed by atoms with E-state index in [9.17, 15) is 14.7 Å². The first-order valence-electron chi connectivity index (χ1n) is 7.38. The van der Waals surface area contributed by atoms with Gasteiger partial charge in [0.05, 0.1) is 11.4 Å². The van der Waals surface area contributed by atoms with Crippen molar-refractivity contribution in [2.24, 2.45) is 5.92 Å². The van der Waals surface area contributed by atoms with Crippen molar-refractivity contribution >= 4 is 22.8 Å². The fourth-order valence-electron chi connectivity index (χ4n) is 3.08. The Kier molecular flexibility index (Phi) is 3.56. The van der Waals surface area contributed by atoms with Gasteiger partial charge in [0.2, 0.25) is 0 Å². The van der Waals surface area contributed by atoms with Gasteiger partial charge in [-0.1, -0.05) is 6.07 Å². The minimum Gasteiger partial charge on any atom is -0.481 e. The molecule has 0 spiro atoms. The molecule has 1 aromatic carbocycles. The zero-order valence-corrected chi connectivity index (χ0v) is 12.6. The lowest BCUT2D eigenvalue weighted by atomic mass is 10.0. The van der Waals surface area contributed by atoms with Crippen LogP contribution in [0.5, 0.6) is 0 Å². The number of aryl methyl sites for hydroxylation is 1. The minimum absolute atomic E-state index is 0.112. The summed E-state index contributed by atoms with van der Waals surface area (Å²) in [6.45, 7) is 4.22. The topological polar surface area (TPSA) is 70.5 Å². The van der Waals surface area contributed by atoms with Gasteiger partial charge in [-0.15, -0.1) is 0 Å². The Morgan fingerprint density at radius 1 is 1.27 bits per heavy atom. The summed E-state index contributed by atoms with van der Waals surface area (Å²) in [4.78, 5) is 29.9. The number of carbonyl (C=O) groups excluding carboxylic acids is 1. The van der Waals surface area contributed by atoms with Crippen LogP contribution in [0.1, 0.15) is 29.4 Å². The summed E-state index contributed by atoms with van der Waals surface area (Å²) in [6.07, 6.45) is 0.510. The quantitative estimate of drug-likeness (QED) is 0.924. The summed E-state index contributed by atoms with van der Waals surface area (Å²) in [5.74, 6) is -1.42. The third-order valence-corrected chi connectivity index (χ3v) is 4.41. The zero-order chi connectivity index (χ0) is 15.9. The molecule has 5 nitrogen and oxygen atoms in total. The van der Waals surface area contributed by atoms with E-state index in [1.54, 1.807) is 17.9 Å². The Hall–Kier alpha value is -2.43. The molecule has 2 atom stereocenters. The maximum absolute atomic E-state index is 12.6. The number of aliphatic carboxylic acids is 1. The number of carbonyl (C=O) groups is 2. The fourth-order valence-corrected chi connectivity index (χ4v) is 3.08. The van der Waals surface area contributed by atoms with E-state index in [1.807, 2.05) is 31.2 Å². The highest BCUT2D eigenvalue weighted by Crippen LogP contribution is 2.26. The van der Waals surface area contributed by atoms with Crippen LogP contribution in [0.25, 0.3) is 10.9 Å². The number of hydrogen-bond donors (Lipinski definition) is 1. The van der Waals surface area contributed by atoms with Gasteiger partial charge in [0, 0.05) is 29.2 Å². The number of pyridine rings is 1. The highest BCUT2D eigenvalue weighted by molar-refractivity contribution is 5.98. The van der Waals surface area contributed by atoms with E-state index in [4.69, 9.17) is 0 Å². The fraction of sp³-hybridized carbons (Fsp3) is 0.353. The van der Waals surface area contributed by atoms with Crippen molar-refractivity contribution in [3.05, 3.63) is 41.6 Å². The van der Waals surface area contributed by atoms with Gasteiger partial charge < -0.3 is 10.0 Å². The number of likely N-dealkylation sites (tertiary alicyclic amines) is 1. The van der Waals surface area contributed by atoms with Crippen LogP contribution < -0.4 is 0 Å². The largest absolute Gasteiger partial charge is 0.481 e. The molecule has 0 bridgehead atoms. The average molecular weight is 298 g/mol. The molecular weight excluding hydrogens is 280 g/mol. The van der Waals surface area contributed by atoms with Crippen LogP contribution in [-0.4, -0.2) is 39.5 Å². The molecule has 22 heavy (non-hydrogen) atoms. The van der Waals surface area contributed by atoms with Crippen molar-refractivity contribution in [3.8, 4) is 0 Å². The number of benzene rings is 1. The number of fused-ring (bicyclic) bond motifs is 1. The van der Waals surface area contributed by atoms with Crippen molar-refractivity contribution < 1.29 is 14.7 Å². The molecule has 1 amide bonds. The van der Waals surface area contributed by atoms with E-state index in [1.165, 1.54) is 0 Å². The van der Waals surface area contributed by atoms with E-state index in [0.29, 0.717) is 18.5 Å². The predicted molar refractivity (Wildman–Crippen MR) is 82.7 cm³/mol. The second-order valence-corrected chi connectivity index (χ2v) is 5.83. The lowest BCUT2D eigenvalue weighted by Gasteiger charge is -2.23. The zero-order valence-electron chi connectivity index (χ0n) is 12.6. The molecule has 1 N–H and O–H groups in total. The third-order valence-electron chi connectivity index (χ3n) is 4.41. The van der Waals surface area contributed by atoms with Crippen LogP contribution in [0, 0.1) is 12.8 Å². The van der Waals surface area contributed by atoms with Gasteiger partial charge in [-0.2, -0.15) is 0 Å². The number of rotatable bonds is 2. The van der Waals surface area contributed by atoms with E-state index in [0.717, 1.165) is 16.6 Å². The molecule has 1 aliphatic rings. The van der Waals surface area contributed by atoms with Crippen molar-refractivity contribution in [1.29, 1.82) is 0 Å². The van der Waals surface area contributed by atoms with Crippen molar-refractivity contribution in [1.82, 2.24) is 9.88 Å². The maximum atomic E-state index is 12.6. The molecule has 5 heteroatoms. The van der Waals surface area contributed by atoms with Crippen molar-refractivity contribution in [2.75, 3.05) is 6.54 Å². The van der Waals surface area contributed by atoms with Gasteiger partial charge in [-0.3, -0.25) is 14.6 Å². The lowest BCUT2D eigenvalue weighted by molar-refractivity contribution is -0.142. The number of carboxylic acids is 1. The predicted octanol–water partition coefficient (Wildman–Crippen LogP) is 2.48. The molecule has 1 fully saturated rings. The van der Waals surface area contributed by atoms with E-state index < -0.39 is 11.9 Å². The highest BCUT2D eigenvalue weighted by Gasteiger charge is 2.38. The van der Waals surface area contributed by atoms with Crippen LogP contribution in [0.2, 0.25) is 0 Å². The summed E-state index contributed by atoms with van der Waals surface area (Å²) >= 11 is 0. The second kappa shape index (κ2) is 5.40. The number of amides is 1. The molecule has 1 aliphatic heterocycles. The first kappa shape index (κ1) is 14.5. The smallest absolute Gasteiger partial charge is 0.308 e. The molecular formula is C17H18N2O3. The molecule has 0 aliphatic carbocycles. The van der Waals surface area contributed by atoms with Crippen LogP contribution in [0.3, 0.4) is 0 Å². The molecule has 2 aromatic rings. The standard InChI is InChI=1S/C17H18N2O3/c1-10-3-4-12-9-13(5-6-15(12)18-10)16(20)19-8-7-14(11(19)2)17(21)22/h3-6,9,11,14H,7-8H2,1-2H3,(H,21,22). The molecule has 1 aromatic heterocycles. The Labute approximate surface area is 128 Å². The lowest BCUT2D eigenvalue weighted by Crippen LogP contribution is -2.37. The number of hydrogen-bond acceptors (Lipinski definition) is 3. The summed E-state index contributed by atoms with van der Waals surface area (Å²) < 4.78 is 0. The molecule has 114 valence electrons. The number of nitrogens with zero attached hydrogens (tertiary/aromatic N) is 2. The monoisotopic (exact) mass is 298 g/mol. The van der Waals surface area contributed by atoms with Gasteiger partial charge in [-0.05, 0) is 44.5 Å². The first-order chi connectivity index (χ1) is 10.5. The van der Waals surface area contributed by atoms with Crippen molar-refractivity contribution in [3.63, 3.8) is 0 Å². The molecule has 2 unspecified atom stereocenters. The van der Waals surface area contributed by atoms with E-state index in [-0.39, 0.29) is 11.9 Å². The Bertz CT molecular complexity index is 757. The van der Waals surface area contributed by atoms with E-state index in [2.05, 4.69) is 4.98 Å². The second-order valence-electron chi connectivity index (χ2n) is 5.83. The van der Waals surface area contributed by atoms with Gasteiger partial charge >= 0.3 is 5.97 Å². The molecule has 3 rings (SSSR count). The summed E-state index contributed by atoms with van der Waals surface area (Å²) in [5, 5.41) is 10.1. The molecule has 1 saturated heterocycles. The SMILES string of the molecule is Cc1ccc2cc(C(=O)N3CCC(C(=O)O)C3C)ccc2n1. The minimum atomic E-state index is -0.832. The third kappa shape index (κ3) is 2.43. The van der Waals surface area contributed by atoms with Crippen LogP contribution in [-0.2, 0) is 4.79 Å². The Balaban J connectivity index is 1.89. The highest BCUT2D eigenvalue weighted by atomic mass is 16.4. The average Bonchev–Trinajstić information content (AvgIpc) is 2.87. The Morgan fingerprint density at radius 2 is 2.05 bits per heavy atom. The van der Waals surface area contributed by atoms with Gasteiger partial charge in [0.25, 0.3) is 5.91 Å². The van der Waals surface area contributed by atoms with E-state index >= 15 is 0 Å². The Morgan fingerprint density at radius 3 is 2.73 bits per heavy atom. The summed E-state index contributed by atoms with van der Waals surface area (Å²) in [6, 6.07) is 9.00. The van der Waals surface area contributed by atoms with Crippen LogP contribution in [0.4, 0.5) is 0 Å². The molecule has 2 heterocycles. The normalized spacial score (nSPS) is 21.3. The number of aromatic nitrogens is 1. The first-order valence-corrected chi connectivity index (χ1v) is 7.38. The van der Waals surface area contributed by atoms with Crippen molar-refractivity contribution in [2.45, 2.75) is 26.3 Å². The molecule has 0 saturated carbocycles. The number of carboxylic acid groups (broad SMARTS) is 1. The summed E-state index contributed by atoms with van der Waals surface area (Å²) in [5.41, 5.74) is 2.37. The van der Waals surface area contributed by atoms with Gasteiger partial charge in [0.1, 0.15) is 0 Å². The van der Waals surface area contributed by atoms with Gasteiger partial charge in [-0.25, -0.2) is 0 Å². The maximum Gasteiger partial charge on any atom is 0.308 e. The van der Waals surface area contributed by atoms with Crippen LogP contribution in [0.15, 0.2) is 30.3 Å². The van der Waals surface area contributed by atoms with Crippen LogP contribution >= 0.6 is 0 Å². The summed E-state index contributed by atoms with van der Waals surface area (Å²) in [7, 11) is 0. The van der Waals surface area contributed by atoms with Gasteiger partial charge in [0.15, 0.2) is 0 Å².